The number of nitrogens with zero attached hydrogens (tertiary/aromatic N) is 1. The summed E-state index contributed by atoms with van der Waals surface area (Å²) in [6.07, 6.45) is 0.0200. The van der Waals surface area contributed by atoms with Crippen LogP contribution in [0.25, 0.3) is 0 Å². The molecule has 2 unspecified atom stereocenters. The van der Waals surface area contributed by atoms with E-state index in [4.69, 9.17) is 4.84 Å². The zero-order chi connectivity index (χ0) is 16.2. The molecule has 0 aliphatic heterocycles. The quantitative estimate of drug-likeness (QED) is 0.672. The van der Waals surface area contributed by atoms with Gasteiger partial charge in [-0.15, -0.1) is 0 Å². The second-order valence-corrected chi connectivity index (χ2v) is 6.74. The van der Waals surface area contributed by atoms with Crippen LogP contribution in [0.1, 0.15) is 57.9 Å². The van der Waals surface area contributed by atoms with Crippen LogP contribution in [0.2, 0.25) is 0 Å². The molecule has 2 aromatic rings. The summed E-state index contributed by atoms with van der Waals surface area (Å²) in [5.74, 6) is 0. The van der Waals surface area contributed by atoms with E-state index in [1.807, 2.05) is 12.1 Å². The predicted octanol–water partition coefficient (Wildman–Crippen LogP) is 5.54. The van der Waals surface area contributed by atoms with Gasteiger partial charge in [0.25, 0.3) is 0 Å². The molecule has 0 aromatic heterocycles. The van der Waals surface area contributed by atoms with Crippen LogP contribution in [0.3, 0.4) is 0 Å². The van der Waals surface area contributed by atoms with Crippen LogP contribution < -0.4 is 0 Å². The van der Waals surface area contributed by atoms with Crippen molar-refractivity contribution in [2.24, 2.45) is 0 Å². The van der Waals surface area contributed by atoms with E-state index in [0.29, 0.717) is 0 Å². The third-order valence-corrected chi connectivity index (χ3v) is 3.84. The van der Waals surface area contributed by atoms with E-state index in [1.54, 1.807) is 0 Å². The number of hydroxylamine groups is 2. The Hall–Kier alpha value is -1.64. The minimum absolute atomic E-state index is 0.0200. The average molecular weight is 297 g/mol. The van der Waals surface area contributed by atoms with Crippen molar-refractivity contribution in [1.82, 2.24) is 5.06 Å². The van der Waals surface area contributed by atoms with Crippen molar-refractivity contribution in [3.63, 3.8) is 0 Å². The smallest absolute Gasteiger partial charge is 0.102 e. The Kier molecular flexibility index (Phi) is 5.38. The molecular formula is C20H27NO. The molecule has 0 bridgehead atoms. The molecule has 0 saturated carbocycles. The van der Waals surface area contributed by atoms with Crippen LogP contribution in [0.4, 0.5) is 0 Å². The summed E-state index contributed by atoms with van der Waals surface area (Å²) in [4.78, 5) is 6.35. The summed E-state index contributed by atoms with van der Waals surface area (Å²) in [7, 11) is 0. The molecule has 2 heteroatoms. The highest BCUT2D eigenvalue weighted by Gasteiger charge is 2.30. The summed E-state index contributed by atoms with van der Waals surface area (Å²) >= 11 is 0. The highest BCUT2D eigenvalue weighted by Crippen LogP contribution is 2.32. The van der Waals surface area contributed by atoms with Gasteiger partial charge in [0.05, 0.1) is 6.04 Å². The summed E-state index contributed by atoms with van der Waals surface area (Å²) in [5, 5.41) is 2.11. The minimum atomic E-state index is -0.0850. The fraction of sp³-hybridized carbons (Fsp3) is 0.400. The van der Waals surface area contributed by atoms with Gasteiger partial charge < -0.3 is 0 Å². The van der Waals surface area contributed by atoms with Crippen molar-refractivity contribution in [3.8, 4) is 0 Å². The SMILES string of the molecule is CC(ON(C(C)c1ccccc1)C(C)(C)C)c1ccccc1. The molecule has 0 radical (unpaired) electrons. The summed E-state index contributed by atoms with van der Waals surface area (Å²) < 4.78 is 0. The fourth-order valence-corrected chi connectivity index (χ4v) is 2.65. The molecule has 0 aliphatic carbocycles. The topological polar surface area (TPSA) is 12.5 Å². The Morgan fingerprint density at radius 1 is 0.773 bits per heavy atom. The number of rotatable bonds is 5. The average Bonchev–Trinajstić information content (AvgIpc) is 2.52. The monoisotopic (exact) mass is 297 g/mol. The Balaban J connectivity index is 2.20. The first-order chi connectivity index (χ1) is 10.4. The van der Waals surface area contributed by atoms with Gasteiger partial charge in [-0.05, 0) is 45.7 Å². The van der Waals surface area contributed by atoms with Crippen LogP contribution in [-0.2, 0) is 4.84 Å². The lowest BCUT2D eigenvalue weighted by molar-refractivity contribution is -0.262. The number of hydrogen-bond acceptors (Lipinski definition) is 2. The van der Waals surface area contributed by atoms with E-state index in [2.05, 4.69) is 88.2 Å². The molecule has 0 saturated heterocycles. The van der Waals surface area contributed by atoms with E-state index < -0.39 is 0 Å². The van der Waals surface area contributed by atoms with Gasteiger partial charge in [0.2, 0.25) is 0 Å². The molecule has 2 aromatic carbocycles. The van der Waals surface area contributed by atoms with Crippen LogP contribution in [0.15, 0.2) is 60.7 Å². The molecule has 0 heterocycles. The van der Waals surface area contributed by atoms with E-state index in [-0.39, 0.29) is 17.7 Å². The Labute approximate surface area is 134 Å². The van der Waals surface area contributed by atoms with E-state index in [1.165, 1.54) is 11.1 Å². The van der Waals surface area contributed by atoms with Gasteiger partial charge >= 0.3 is 0 Å². The van der Waals surface area contributed by atoms with Gasteiger partial charge in [0.15, 0.2) is 0 Å². The zero-order valence-corrected chi connectivity index (χ0v) is 14.3. The van der Waals surface area contributed by atoms with E-state index >= 15 is 0 Å². The molecule has 0 aliphatic rings. The molecule has 2 atom stereocenters. The first-order valence-electron chi connectivity index (χ1n) is 7.95. The Morgan fingerprint density at radius 3 is 1.68 bits per heavy atom. The standard InChI is InChI=1S/C20H27NO/c1-16(18-12-8-6-9-13-18)21(20(3,4)5)22-17(2)19-14-10-7-11-15-19/h6-17H,1-5H3. The van der Waals surface area contributed by atoms with Gasteiger partial charge in [-0.3, -0.25) is 4.84 Å². The second kappa shape index (κ2) is 7.08. The van der Waals surface area contributed by atoms with Crippen LogP contribution in [0.5, 0.6) is 0 Å². The van der Waals surface area contributed by atoms with Crippen molar-refractivity contribution < 1.29 is 4.84 Å². The molecule has 2 nitrogen and oxygen atoms in total. The largest absolute Gasteiger partial charge is 0.290 e. The zero-order valence-electron chi connectivity index (χ0n) is 14.3. The first kappa shape index (κ1) is 16.7. The van der Waals surface area contributed by atoms with Gasteiger partial charge in [0.1, 0.15) is 6.10 Å². The molecule has 0 N–H and O–H groups in total. The third-order valence-electron chi connectivity index (χ3n) is 3.84. The van der Waals surface area contributed by atoms with Crippen LogP contribution >= 0.6 is 0 Å². The lowest BCUT2D eigenvalue weighted by Crippen LogP contribution is -2.43. The predicted molar refractivity (Wildman–Crippen MR) is 92.4 cm³/mol. The Morgan fingerprint density at radius 2 is 1.23 bits per heavy atom. The minimum Gasteiger partial charge on any atom is -0.290 e. The maximum atomic E-state index is 6.35. The van der Waals surface area contributed by atoms with Crippen molar-refractivity contribution >= 4 is 0 Å². The lowest BCUT2D eigenvalue weighted by Gasteiger charge is -2.40. The van der Waals surface area contributed by atoms with Crippen LogP contribution in [-0.4, -0.2) is 10.6 Å². The molecule has 0 amide bonds. The van der Waals surface area contributed by atoms with Crippen molar-refractivity contribution in [3.05, 3.63) is 71.8 Å². The second-order valence-electron chi connectivity index (χ2n) is 6.74. The van der Waals surface area contributed by atoms with Crippen LogP contribution in [0, 0.1) is 0 Å². The molecule has 0 spiro atoms. The summed E-state index contributed by atoms with van der Waals surface area (Å²) in [5.41, 5.74) is 2.37. The normalized spacial score (nSPS) is 14.8. The summed E-state index contributed by atoms with van der Waals surface area (Å²) in [6.45, 7) is 10.8. The third kappa shape index (κ3) is 4.19. The molecule has 2 rings (SSSR count). The molecule has 0 fully saturated rings. The lowest BCUT2D eigenvalue weighted by atomic mass is 10.0. The Bertz CT molecular complexity index is 559. The number of hydrogen-bond donors (Lipinski definition) is 0. The fourth-order valence-electron chi connectivity index (χ4n) is 2.65. The molecule has 22 heavy (non-hydrogen) atoms. The van der Waals surface area contributed by atoms with Crippen molar-refractivity contribution in [1.29, 1.82) is 0 Å². The van der Waals surface area contributed by atoms with E-state index in [0.717, 1.165) is 0 Å². The van der Waals surface area contributed by atoms with Gasteiger partial charge in [-0.1, -0.05) is 60.7 Å². The van der Waals surface area contributed by atoms with Gasteiger partial charge in [0, 0.05) is 5.54 Å². The maximum Gasteiger partial charge on any atom is 0.102 e. The van der Waals surface area contributed by atoms with Gasteiger partial charge in [-0.25, -0.2) is 0 Å². The van der Waals surface area contributed by atoms with E-state index in [9.17, 15) is 0 Å². The van der Waals surface area contributed by atoms with Crippen molar-refractivity contribution in [2.75, 3.05) is 0 Å². The maximum absolute atomic E-state index is 6.35. The molecule has 118 valence electrons. The first-order valence-corrected chi connectivity index (χ1v) is 7.95. The highest BCUT2D eigenvalue weighted by molar-refractivity contribution is 5.19. The molecular weight excluding hydrogens is 270 g/mol. The number of benzene rings is 2. The van der Waals surface area contributed by atoms with Gasteiger partial charge in [-0.2, -0.15) is 5.06 Å². The van der Waals surface area contributed by atoms with Crippen molar-refractivity contribution in [2.45, 2.75) is 52.3 Å². The summed E-state index contributed by atoms with van der Waals surface area (Å²) in [6, 6.07) is 21.1. The highest BCUT2D eigenvalue weighted by atomic mass is 16.7.